The van der Waals surface area contributed by atoms with E-state index in [-0.39, 0.29) is 42.6 Å². The van der Waals surface area contributed by atoms with Crippen LogP contribution in [0.15, 0.2) is 24.3 Å². The van der Waals surface area contributed by atoms with Crippen LogP contribution in [0.2, 0.25) is 0 Å². The summed E-state index contributed by atoms with van der Waals surface area (Å²) in [6.07, 6.45) is 2.20. The minimum absolute atomic E-state index is 0. The number of hydrogen-bond donors (Lipinski definition) is 1. The molecule has 24 heavy (non-hydrogen) atoms. The number of pyridine rings is 1. The van der Waals surface area contributed by atoms with E-state index in [4.69, 9.17) is 5.73 Å². The molecular weight excluding hydrogens is 352 g/mol. The summed E-state index contributed by atoms with van der Waals surface area (Å²) in [6, 6.07) is 6.15. The third kappa shape index (κ3) is 3.97. The van der Waals surface area contributed by atoms with E-state index in [2.05, 4.69) is 4.98 Å². The highest BCUT2D eigenvalue weighted by atomic mass is 35.5. The Kier molecular flexibility index (Phi) is 6.96. The summed E-state index contributed by atoms with van der Waals surface area (Å²) in [5.74, 6) is -0.0758. The molecule has 1 unspecified atom stereocenters. The second-order valence-corrected chi connectivity index (χ2v) is 6.03. The number of benzene rings is 1. The van der Waals surface area contributed by atoms with Crippen molar-refractivity contribution in [3.63, 3.8) is 0 Å². The number of halogens is 3. The van der Waals surface area contributed by atoms with Gasteiger partial charge >= 0.3 is 0 Å². The molecule has 1 atom stereocenters. The van der Waals surface area contributed by atoms with E-state index in [1.807, 2.05) is 13.0 Å². The zero-order valence-corrected chi connectivity index (χ0v) is 15.3. The Labute approximate surface area is 153 Å². The van der Waals surface area contributed by atoms with Gasteiger partial charge < -0.3 is 10.6 Å². The number of likely N-dealkylation sites (N-methyl/N-ethyl adjacent to an activating group) is 1. The van der Waals surface area contributed by atoms with Crippen molar-refractivity contribution in [2.24, 2.45) is 5.73 Å². The van der Waals surface area contributed by atoms with Crippen LogP contribution in [0.4, 0.5) is 4.39 Å². The molecular formula is C17H22Cl2FN3O. The predicted molar refractivity (Wildman–Crippen MR) is 98.8 cm³/mol. The van der Waals surface area contributed by atoms with Gasteiger partial charge in [0.05, 0.1) is 11.1 Å². The fourth-order valence-corrected chi connectivity index (χ4v) is 2.53. The van der Waals surface area contributed by atoms with E-state index in [0.717, 1.165) is 18.5 Å². The fraction of sp³-hybridized carbons (Fsp3) is 0.412. The SMILES string of the molecule is CC(CN)N(C)C(=O)c1cc(C2CC2)nc2ccc(F)cc12.Cl.Cl. The van der Waals surface area contributed by atoms with Crippen molar-refractivity contribution < 1.29 is 9.18 Å². The molecule has 0 bridgehead atoms. The molecule has 1 aliphatic carbocycles. The number of nitrogens with two attached hydrogens (primary N) is 1. The maximum atomic E-state index is 13.6. The molecule has 1 aromatic heterocycles. The molecule has 2 aromatic rings. The monoisotopic (exact) mass is 373 g/mol. The standard InChI is InChI=1S/C17H20FN3O.2ClH/c1-10(9-19)21(2)17(22)14-8-16(11-3-4-11)20-15-6-5-12(18)7-13(14)15;;/h5-8,10-11H,3-4,9,19H2,1-2H3;2*1H. The van der Waals surface area contributed by atoms with E-state index in [1.54, 1.807) is 18.0 Å². The number of aromatic nitrogens is 1. The van der Waals surface area contributed by atoms with Gasteiger partial charge in [-0.2, -0.15) is 0 Å². The molecule has 1 saturated carbocycles. The van der Waals surface area contributed by atoms with Crippen LogP contribution in [-0.2, 0) is 0 Å². The van der Waals surface area contributed by atoms with Gasteiger partial charge in [-0.1, -0.05) is 0 Å². The third-order valence-corrected chi connectivity index (χ3v) is 4.34. The van der Waals surface area contributed by atoms with Gasteiger partial charge in [0, 0.05) is 36.6 Å². The molecule has 1 amide bonds. The first kappa shape index (κ1) is 20.6. The Morgan fingerprint density at radius 1 is 1.38 bits per heavy atom. The highest BCUT2D eigenvalue weighted by Crippen LogP contribution is 2.40. The molecule has 4 nitrogen and oxygen atoms in total. The first-order valence-electron chi connectivity index (χ1n) is 7.58. The van der Waals surface area contributed by atoms with Gasteiger partial charge in [0.25, 0.3) is 5.91 Å². The Balaban J connectivity index is 0.00000144. The van der Waals surface area contributed by atoms with Crippen molar-refractivity contribution in [3.05, 3.63) is 41.3 Å². The van der Waals surface area contributed by atoms with Crippen molar-refractivity contribution in [2.75, 3.05) is 13.6 Å². The molecule has 0 radical (unpaired) electrons. The Bertz CT molecular complexity index is 737. The molecule has 7 heteroatoms. The number of fused-ring (bicyclic) bond motifs is 1. The molecule has 1 heterocycles. The normalized spacial score (nSPS) is 14.5. The molecule has 0 aliphatic heterocycles. The zero-order valence-electron chi connectivity index (χ0n) is 13.7. The van der Waals surface area contributed by atoms with Crippen molar-refractivity contribution in [1.29, 1.82) is 0 Å². The van der Waals surface area contributed by atoms with Crippen molar-refractivity contribution in [1.82, 2.24) is 9.88 Å². The van der Waals surface area contributed by atoms with Crippen LogP contribution in [0.3, 0.4) is 0 Å². The van der Waals surface area contributed by atoms with Crippen LogP contribution < -0.4 is 5.73 Å². The quantitative estimate of drug-likeness (QED) is 0.891. The van der Waals surface area contributed by atoms with Crippen LogP contribution in [0, 0.1) is 5.82 Å². The van der Waals surface area contributed by atoms with Crippen LogP contribution in [0.1, 0.15) is 41.7 Å². The number of carbonyl (C=O) groups excluding carboxylic acids is 1. The highest BCUT2D eigenvalue weighted by molar-refractivity contribution is 6.06. The van der Waals surface area contributed by atoms with Gasteiger partial charge in [0.1, 0.15) is 5.82 Å². The molecule has 3 rings (SSSR count). The van der Waals surface area contributed by atoms with Gasteiger partial charge in [0.15, 0.2) is 0 Å². The molecule has 0 saturated heterocycles. The lowest BCUT2D eigenvalue weighted by Gasteiger charge is -2.24. The van der Waals surface area contributed by atoms with Crippen LogP contribution >= 0.6 is 24.8 Å². The van der Waals surface area contributed by atoms with Gasteiger partial charge in [-0.3, -0.25) is 9.78 Å². The van der Waals surface area contributed by atoms with Gasteiger partial charge in [-0.05, 0) is 44.0 Å². The molecule has 2 N–H and O–H groups in total. The average Bonchev–Trinajstić information content (AvgIpc) is 3.36. The maximum Gasteiger partial charge on any atom is 0.254 e. The Hall–Kier alpha value is -1.43. The first-order valence-corrected chi connectivity index (χ1v) is 7.58. The molecule has 132 valence electrons. The second kappa shape index (κ2) is 8.10. The lowest BCUT2D eigenvalue weighted by Crippen LogP contribution is -2.39. The number of rotatable bonds is 4. The number of amides is 1. The Morgan fingerprint density at radius 2 is 2.04 bits per heavy atom. The minimum Gasteiger partial charge on any atom is -0.338 e. The van der Waals surface area contributed by atoms with Gasteiger partial charge in [-0.25, -0.2) is 4.39 Å². The number of carbonyl (C=O) groups is 1. The summed E-state index contributed by atoms with van der Waals surface area (Å²) in [5, 5.41) is 0.561. The maximum absolute atomic E-state index is 13.6. The topological polar surface area (TPSA) is 59.2 Å². The van der Waals surface area contributed by atoms with Crippen molar-refractivity contribution >= 4 is 41.6 Å². The van der Waals surface area contributed by atoms with Gasteiger partial charge in [0.2, 0.25) is 0 Å². The smallest absolute Gasteiger partial charge is 0.254 e. The third-order valence-electron chi connectivity index (χ3n) is 4.34. The number of hydrogen-bond acceptors (Lipinski definition) is 3. The summed E-state index contributed by atoms with van der Waals surface area (Å²) in [7, 11) is 1.72. The largest absolute Gasteiger partial charge is 0.338 e. The average molecular weight is 374 g/mol. The van der Waals surface area contributed by atoms with E-state index in [0.29, 0.717) is 28.9 Å². The van der Waals surface area contributed by atoms with Gasteiger partial charge in [-0.15, -0.1) is 24.8 Å². The molecule has 0 spiro atoms. The van der Waals surface area contributed by atoms with Crippen LogP contribution in [0.25, 0.3) is 10.9 Å². The van der Waals surface area contributed by atoms with Crippen molar-refractivity contribution in [2.45, 2.75) is 31.7 Å². The number of nitrogens with zero attached hydrogens (tertiary/aromatic N) is 2. The summed E-state index contributed by atoms with van der Waals surface area (Å²) in [5.41, 5.74) is 7.75. The minimum atomic E-state index is -0.364. The molecule has 1 aromatic carbocycles. The lowest BCUT2D eigenvalue weighted by atomic mass is 10.0. The molecule has 1 aliphatic rings. The predicted octanol–water partition coefficient (Wildman–Crippen LogP) is 3.51. The summed E-state index contributed by atoms with van der Waals surface area (Å²) < 4.78 is 13.6. The summed E-state index contributed by atoms with van der Waals surface area (Å²) >= 11 is 0. The zero-order chi connectivity index (χ0) is 15.9. The fourth-order valence-electron chi connectivity index (χ4n) is 2.53. The summed E-state index contributed by atoms with van der Waals surface area (Å²) in [6.45, 7) is 2.28. The van der Waals surface area contributed by atoms with E-state index < -0.39 is 0 Å². The Morgan fingerprint density at radius 3 is 2.62 bits per heavy atom. The van der Waals surface area contributed by atoms with E-state index in [9.17, 15) is 9.18 Å². The van der Waals surface area contributed by atoms with E-state index in [1.165, 1.54) is 12.1 Å². The molecule has 1 fully saturated rings. The second-order valence-electron chi connectivity index (χ2n) is 6.03. The van der Waals surface area contributed by atoms with Crippen LogP contribution in [0.5, 0.6) is 0 Å². The van der Waals surface area contributed by atoms with Crippen molar-refractivity contribution in [3.8, 4) is 0 Å². The first-order chi connectivity index (χ1) is 10.5. The van der Waals surface area contributed by atoms with Crippen LogP contribution in [-0.4, -0.2) is 35.4 Å². The summed E-state index contributed by atoms with van der Waals surface area (Å²) in [4.78, 5) is 19.0. The highest BCUT2D eigenvalue weighted by Gasteiger charge is 2.28. The van der Waals surface area contributed by atoms with E-state index >= 15 is 0 Å². The lowest BCUT2D eigenvalue weighted by molar-refractivity contribution is 0.0750.